The lowest BCUT2D eigenvalue weighted by molar-refractivity contribution is -0.121. The number of amides is 1. The fraction of sp³-hybridized carbons (Fsp3) is 0.462. The molecule has 100 valence electrons. The minimum atomic E-state index is 0.0918. The molecule has 0 unspecified atom stereocenters. The monoisotopic (exact) mass is 278 g/mol. The molecule has 1 fully saturated rings. The lowest BCUT2D eigenvalue weighted by Gasteiger charge is -2.08. The van der Waals surface area contributed by atoms with Gasteiger partial charge in [0, 0.05) is 25.2 Å². The molecule has 0 atom stereocenters. The Morgan fingerprint density at radius 3 is 3.05 bits per heavy atom. The number of carbonyl (C=O) groups is 1. The van der Waals surface area contributed by atoms with Crippen molar-refractivity contribution in [2.45, 2.75) is 31.7 Å². The Kier molecular flexibility index (Phi) is 4.58. The number of hydrogen-bond acceptors (Lipinski definition) is 4. The number of carbonyl (C=O) groups excluding carboxylic acids is 1. The van der Waals surface area contributed by atoms with Crippen molar-refractivity contribution in [3.8, 4) is 6.07 Å². The molecule has 1 saturated carbocycles. The van der Waals surface area contributed by atoms with Crippen LogP contribution in [0.3, 0.4) is 0 Å². The summed E-state index contributed by atoms with van der Waals surface area (Å²) in [4.78, 5) is 15.5. The van der Waals surface area contributed by atoms with Gasteiger partial charge in [-0.05, 0) is 25.3 Å². The lowest BCUT2D eigenvalue weighted by Crippen LogP contribution is -2.25. The van der Waals surface area contributed by atoms with Crippen LogP contribution in [0, 0.1) is 11.3 Å². The van der Waals surface area contributed by atoms with Gasteiger partial charge in [-0.25, -0.2) is 4.98 Å². The number of nitrogens with one attached hydrogen (secondary N) is 2. The zero-order valence-corrected chi connectivity index (χ0v) is 11.2. The van der Waals surface area contributed by atoms with Gasteiger partial charge in [0.2, 0.25) is 5.91 Å². The second-order valence-corrected chi connectivity index (χ2v) is 4.88. The summed E-state index contributed by atoms with van der Waals surface area (Å²) in [7, 11) is 0. The van der Waals surface area contributed by atoms with E-state index in [1.165, 1.54) is 6.20 Å². The van der Waals surface area contributed by atoms with Gasteiger partial charge in [-0.15, -0.1) is 0 Å². The Morgan fingerprint density at radius 1 is 1.58 bits per heavy atom. The Bertz CT molecular complexity index is 508. The summed E-state index contributed by atoms with van der Waals surface area (Å²) in [6, 6.07) is 3.97. The first-order valence-electron chi connectivity index (χ1n) is 6.28. The molecule has 2 rings (SSSR count). The zero-order valence-electron chi connectivity index (χ0n) is 10.4. The largest absolute Gasteiger partial charge is 0.369 e. The van der Waals surface area contributed by atoms with E-state index in [0.29, 0.717) is 41.8 Å². The summed E-state index contributed by atoms with van der Waals surface area (Å²) in [5, 5.41) is 15.1. The molecule has 0 aliphatic heterocycles. The van der Waals surface area contributed by atoms with Gasteiger partial charge < -0.3 is 10.6 Å². The Labute approximate surface area is 117 Å². The Morgan fingerprint density at radius 2 is 2.37 bits per heavy atom. The molecule has 0 radical (unpaired) electrons. The van der Waals surface area contributed by atoms with E-state index >= 15 is 0 Å². The quantitative estimate of drug-likeness (QED) is 0.781. The van der Waals surface area contributed by atoms with Crippen LogP contribution >= 0.6 is 11.6 Å². The van der Waals surface area contributed by atoms with Gasteiger partial charge >= 0.3 is 0 Å². The van der Waals surface area contributed by atoms with Crippen LogP contribution in [0.2, 0.25) is 5.02 Å². The van der Waals surface area contributed by atoms with Gasteiger partial charge in [0.15, 0.2) is 0 Å². The van der Waals surface area contributed by atoms with Crippen LogP contribution in [0.25, 0.3) is 0 Å². The summed E-state index contributed by atoms with van der Waals surface area (Å²) >= 11 is 6.00. The minimum absolute atomic E-state index is 0.0918. The van der Waals surface area contributed by atoms with Crippen LogP contribution < -0.4 is 10.6 Å². The third kappa shape index (κ3) is 4.11. The minimum Gasteiger partial charge on any atom is -0.369 e. The molecule has 1 aromatic rings. The fourth-order valence-electron chi connectivity index (χ4n) is 1.64. The molecule has 1 aliphatic carbocycles. The van der Waals surface area contributed by atoms with Crippen molar-refractivity contribution in [3.05, 3.63) is 22.8 Å². The summed E-state index contributed by atoms with van der Waals surface area (Å²) < 4.78 is 0. The molecule has 0 spiro atoms. The van der Waals surface area contributed by atoms with E-state index in [1.807, 2.05) is 6.07 Å². The van der Waals surface area contributed by atoms with Gasteiger partial charge in [-0.3, -0.25) is 4.79 Å². The second-order valence-electron chi connectivity index (χ2n) is 4.51. The smallest absolute Gasteiger partial charge is 0.220 e. The van der Waals surface area contributed by atoms with Gasteiger partial charge in [0.25, 0.3) is 0 Å². The van der Waals surface area contributed by atoms with E-state index in [4.69, 9.17) is 16.9 Å². The first-order valence-corrected chi connectivity index (χ1v) is 6.66. The number of rotatable bonds is 6. The molecule has 1 amide bonds. The first kappa shape index (κ1) is 13.6. The highest BCUT2D eigenvalue weighted by Gasteiger charge is 2.22. The normalized spacial score (nSPS) is 13.7. The number of aromatic nitrogens is 1. The number of anilines is 1. The number of pyridine rings is 1. The molecule has 0 bridgehead atoms. The highest BCUT2D eigenvalue weighted by molar-refractivity contribution is 6.34. The van der Waals surface area contributed by atoms with Crippen molar-refractivity contribution in [2.75, 3.05) is 11.9 Å². The maximum atomic E-state index is 11.4. The fourth-order valence-corrected chi connectivity index (χ4v) is 1.86. The van der Waals surface area contributed by atoms with Gasteiger partial charge in [-0.2, -0.15) is 5.26 Å². The van der Waals surface area contributed by atoms with Crippen LogP contribution in [0.4, 0.5) is 5.82 Å². The van der Waals surface area contributed by atoms with E-state index in [1.54, 1.807) is 6.07 Å². The average molecular weight is 279 g/mol. The highest BCUT2D eigenvalue weighted by Crippen LogP contribution is 2.22. The van der Waals surface area contributed by atoms with Crippen molar-refractivity contribution in [1.29, 1.82) is 5.26 Å². The third-order valence-electron chi connectivity index (χ3n) is 2.83. The second kappa shape index (κ2) is 6.39. The molecular weight excluding hydrogens is 264 g/mol. The summed E-state index contributed by atoms with van der Waals surface area (Å²) in [5.41, 5.74) is 0.394. The standard InChI is InChI=1S/C13H15ClN4O/c14-12-9(8-15)5-7-17-13(12)16-6-1-2-11(19)18-10-3-4-10/h5,7,10H,1-4,6H2,(H,16,17)(H,18,19). The molecule has 19 heavy (non-hydrogen) atoms. The molecule has 5 nitrogen and oxygen atoms in total. The Hall–Kier alpha value is -1.80. The molecule has 2 N–H and O–H groups in total. The summed E-state index contributed by atoms with van der Waals surface area (Å²) in [6.45, 7) is 0.597. The predicted octanol–water partition coefficient (Wildman–Crippen LogP) is 2.08. The van der Waals surface area contributed by atoms with Crippen LogP contribution in [-0.2, 0) is 4.79 Å². The zero-order chi connectivity index (χ0) is 13.7. The average Bonchev–Trinajstić information content (AvgIpc) is 3.20. The topological polar surface area (TPSA) is 77.8 Å². The highest BCUT2D eigenvalue weighted by atomic mass is 35.5. The van der Waals surface area contributed by atoms with Crippen LogP contribution in [-0.4, -0.2) is 23.5 Å². The maximum absolute atomic E-state index is 11.4. The van der Waals surface area contributed by atoms with E-state index in [2.05, 4.69) is 15.6 Å². The number of nitriles is 1. The third-order valence-corrected chi connectivity index (χ3v) is 3.21. The summed E-state index contributed by atoms with van der Waals surface area (Å²) in [5.74, 6) is 0.581. The van der Waals surface area contributed by atoms with Gasteiger partial charge in [0.05, 0.1) is 5.56 Å². The number of nitrogens with zero attached hydrogens (tertiary/aromatic N) is 2. The Balaban J connectivity index is 1.73. The predicted molar refractivity (Wildman–Crippen MR) is 72.9 cm³/mol. The molecular formula is C13H15ClN4O. The van der Waals surface area contributed by atoms with Crippen LogP contribution in [0.5, 0.6) is 0 Å². The van der Waals surface area contributed by atoms with E-state index < -0.39 is 0 Å². The first-order chi connectivity index (χ1) is 9.20. The molecule has 1 aromatic heterocycles. The maximum Gasteiger partial charge on any atom is 0.220 e. The molecule has 0 aromatic carbocycles. The molecule has 1 aliphatic rings. The van der Waals surface area contributed by atoms with Gasteiger partial charge in [-0.1, -0.05) is 11.6 Å². The van der Waals surface area contributed by atoms with E-state index in [0.717, 1.165) is 12.8 Å². The lowest BCUT2D eigenvalue weighted by atomic mass is 10.2. The van der Waals surface area contributed by atoms with Gasteiger partial charge in [0.1, 0.15) is 16.9 Å². The van der Waals surface area contributed by atoms with E-state index in [9.17, 15) is 4.79 Å². The van der Waals surface area contributed by atoms with Crippen molar-refractivity contribution in [3.63, 3.8) is 0 Å². The molecule has 0 saturated heterocycles. The van der Waals surface area contributed by atoms with Crippen molar-refractivity contribution < 1.29 is 4.79 Å². The van der Waals surface area contributed by atoms with Crippen LogP contribution in [0.15, 0.2) is 12.3 Å². The molecule has 1 heterocycles. The van der Waals surface area contributed by atoms with E-state index in [-0.39, 0.29) is 5.91 Å². The van der Waals surface area contributed by atoms with Crippen molar-refractivity contribution >= 4 is 23.3 Å². The number of halogens is 1. The van der Waals surface area contributed by atoms with Crippen molar-refractivity contribution in [1.82, 2.24) is 10.3 Å². The SMILES string of the molecule is N#Cc1ccnc(NCCCC(=O)NC2CC2)c1Cl. The number of hydrogen-bond donors (Lipinski definition) is 2. The van der Waals surface area contributed by atoms with Crippen molar-refractivity contribution in [2.24, 2.45) is 0 Å². The summed E-state index contributed by atoms with van der Waals surface area (Å²) in [6.07, 6.45) is 4.92. The molecule has 6 heteroatoms. The van der Waals surface area contributed by atoms with Crippen LogP contribution in [0.1, 0.15) is 31.2 Å².